The molecule has 12 heteroatoms. The molecule has 4 saturated carbocycles. The van der Waals surface area contributed by atoms with Gasteiger partial charge in [-0.2, -0.15) is 10.4 Å². The van der Waals surface area contributed by atoms with Crippen LogP contribution in [0, 0.1) is 34.5 Å². The number of fused-ring (bicyclic) bond motifs is 2. The van der Waals surface area contributed by atoms with E-state index >= 15 is 0 Å². The lowest BCUT2D eigenvalue weighted by atomic mass is 9.39. The Kier molecular flexibility index (Phi) is 8.12. The summed E-state index contributed by atoms with van der Waals surface area (Å²) < 4.78 is 9.41. The molecule has 11 nitrogen and oxygen atoms in total. The van der Waals surface area contributed by atoms with Crippen molar-refractivity contribution < 1.29 is 19.4 Å². The molecule has 2 aromatic carbocycles. The van der Waals surface area contributed by atoms with E-state index < -0.39 is 12.0 Å². The van der Waals surface area contributed by atoms with Gasteiger partial charge < -0.3 is 19.6 Å². The number of anilines is 1. The number of methoxy groups -OCH3 is 1. The Bertz CT molecular complexity index is 2330. The van der Waals surface area contributed by atoms with Crippen molar-refractivity contribution in [2.75, 3.05) is 26.0 Å². The second kappa shape index (κ2) is 12.5. The third kappa shape index (κ3) is 5.85. The number of thiazole rings is 1. The van der Waals surface area contributed by atoms with Gasteiger partial charge in [0.05, 0.1) is 33.6 Å². The van der Waals surface area contributed by atoms with E-state index in [2.05, 4.69) is 46.7 Å². The average molecular weight is 758 g/mol. The smallest absolute Gasteiger partial charge is 0.331 e. The molecular weight excluding hydrogens is 711 g/mol. The topological polar surface area (TPSA) is 137 Å². The first kappa shape index (κ1) is 35.7. The molecule has 55 heavy (non-hydrogen) atoms. The largest absolute Gasteiger partial charge is 0.479 e. The van der Waals surface area contributed by atoms with Gasteiger partial charge in [-0.3, -0.25) is 14.8 Å². The Morgan fingerprint density at radius 3 is 2.53 bits per heavy atom. The number of hydrogen-bond acceptors (Lipinski definition) is 9. The fraction of sp³-hybridized carbons (Fsp3) is 0.465. The van der Waals surface area contributed by atoms with E-state index in [4.69, 9.17) is 9.84 Å². The Hall–Kier alpha value is -4.99. The third-order valence-corrected chi connectivity index (χ3v) is 14.2. The maximum Gasteiger partial charge on any atom is 0.331 e. The monoisotopic (exact) mass is 757 g/mol. The molecule has 0 spiro atoms. The SMILES string of the molecule is COC12CC3(C)CC(C)(CC(Cn4ncc(C5=CC=C(N6CCc7c(C#N)ccc(C(=O)Nc8nc9ccccc9s8)c7C6)N(C)C5C(=O)O)c4C)(C3)C1)C2. The molecule has 10 rings (SSSR count). The van der Waals surface area contributed by atoms with E-state index in [0.717, 1.165) is 77.1 Å². The number of carboxylic acid groups (broad SMARTS) is 1. The number of aromatic nitrogens is 3. The predicted octanol–water partition coefficient (Wildman–Crippen LogP) is 7.37. The van der Waals surface area contributed by atoms with Gasteiger partial charge in [-0.15, -0.1) is 0 Å². The third-order valence-electron chi connectivity index (χ3n) is 13.3. The summed E-state index contributed by atoms with van der Waals surface area (Å²) in [5.74, 6) is -0.498. The second-order valence-electron chi connectivity index (χ2n) is 17.7. The number of ether oxygens (including phenoxy) is 1. The zero-order valence-corrected chi connectivity index (χ0v) is 32.9. The van der Waals surface area contributed by atoms with Crippen LogP contribution in [0.3, 0.4) is 0 Å². The van der Waals surface area contributed by atoms with Gasteiger partial charge in [0.1, 0.15) is 5.82 Å². The number of carbonyl (C=O) groups is 2. The highest BCUT2D eigenvalue weighted by molar-refractivity contribution is 7.22. The first-order chi connectivity index (χ1) is 26.2. The zero-order chi connectivity index (χ0) is 38.5. The van der Waals surface area contributed by atoms with Crippen LogP contribution in [0.25, 0.3) is 15.8 Å². The lowest BCUT2D eigenvalue weighted by Gasteiger charge is -2.69. The molecule has 284 valence electrons. The van der Waals surface area contributed by atoms with Crippen molar-refractivity contribution in [2.45, 2.75) is 90.4 Å². The molecule has 4 heterocycles. The van der Waals surface area contributed by atoms with Crippen molar-refractivity contribution in [3.05, 3.63) is 94.1 Å². The minimum absolute atomic E-state index is 0.0828. The van der Waals surface area contributed by atoms with Crippen LogP contribution in [-0.4, -0.2) is 73.9 Å². The number of para-hydroxylation sites is 1. The summed E-state index contributed by atoms with van der Waals surface area (Å²) >= 11 is 1.41. The quantitative estimate of drug-likeness (QED) is 0.189. The summed E-state index contributed by atoms with van der Waals surface area (Å²) in [5, 5.41) is 29.1. The molecule has 0 radical (unpaired) electrons. The van der Waals surface area contributed by atoms with Crippen molar-refractivity contribution in [1.82, 2.24) is 24.6 Å². The number of benzene rings is 2. The van der Waals surface area contributed by atoms with Crippen LogP contribution in [0.15, 0.2) is 60.6 Å². The van der Waals surface area contributed by atoms with E-state index in [9.17, 15) is 20.0 Å². The lowest BCUT2D eigenvalue weighted by Crippen LogP contribution is -2.64. The molecule has 4 aliphatic carbocycles. The molecule has 3 atom stereocenters. The van der Waals surface area contributed by atoms with Gasteiger partial charge in [-0.05, 0) is 115 Å². The Balaban J connectivity index is 1.00. The highest BCUT2D eigenvalue weighted by atomic mass is 32.1. The van der Waals surface area contributed by atoms with E-state index in [1.807, 2.05) is 61.7 Å². The molecular formula is C43H47N7O4S. The average Bonchev–Trinajstić information content (AvgIpc) is 3.70. The summed E-state index contributed by atoms with van der Waals surface area (Å²) in [6.45, 7) is 8.66. The molecule has 4 aromatic rings. The second-order valence-corrected chi connectivity index (χ2v) is 18.7. The molecule has 1 amide bonds. The Labute approximate surface area is 325 Å². The van der Waals surface area contributed by atoms with Gasteiger partial charge in [0.2, 0.25) is 0 Å². The lowest BCUT2D eigenvalue weighted by molar-refractivity contribution is -0.239. The van der Waals surface area contributed by atoms with Gasteiger partial charge in [0.15, 0.2) is 11.2 Å². The number of carboxylic acids is 1. The number of carbonyl (C=O) groups excluding carboxylic acids is 1. The van der Waals surface area contributed by atoms with Crippen molar-refractivity contribution in [3.8, 4) is 6.07 Å². The maximum atomic E-state index is 13.8. The van der Waals surface area contributed by atoms with Crippen molar-refractivity contribution >= 4 is 44.1 Å². The molecule has 6 aliphatic rings. The van der Waals surface area contributed by atoms with E-state index in [1.54, 1.807) is 12.1 Å². The number of nitrogens with one attached hydrogen (secondary N) is 1. The number of nitrogens with zero attached hydrogens (tertiary/aromatic N) is 6. The zero-order valence-electron chi connectivity index (χ0n) is 32.1. The molecule has 2 aromatic heterocycles. The first-order valence-corrected chi connectivity index (χ1v) is 20.0. The summed E-state index contributed by atoms with van der Waals surface area (Å²) in [4.78, 5) is 35.4. The normalized spacial score (nSPS) is 29.5. The van der Waals surface area contributed by atoms with Gasteiger partial charge in [0.25, 0.3) is 5.91 Å². The summed E-state index contributed by atoms with van der Waals surface area (Å²) in [6.07, 6.45) is 13.1. The molecule has 4 fully saturated rings. The van der Waals surface area contributed by atoms with E-state index in [-0.39, 0.29) is 27.8 Å². The van der Waals surface area contributed by atoms with Gasteiger partial charge in [-0.25, -0.2) is 9.78 Å². The van der Waals surface area contributed by atoms with Crippen LogP contribution < -0.4 is 5.32 Å². The molecule has 2 N–H and O–H groups in total. The van der Waals surface area contributed by atoms with Gasteiger partial charge >= 0.3 is 5.97 Å². The minimum atomic E-state index is -0.949. The number of aliphatic carboxylic acids is 1. The fourth-order valence-electron chi connectivity index (χ4n) is 12.3. The van der Waals surface area contributed by atoms with Crippen LogP contribution >= 0.6 is 11.3 Å². The highest BCUT2D eigenvalue weighted by Crippen LogP contribution is 2.72. The van der Waals surface area contributed by atoms with Gasteiger partial charge in [-0.1, -0.05) is 43.4 Å². The van der Waals surface area contributed by atoms with Crippen molar-refractivity contribution in [2.24, 2.45) is 16.2 Å². The number of nitriles is 1. The number of allylic oxidation sites excluding steroid dienone is 2. The van der Waals surface area contributed by atoms with Crippen molar-refractivity contribution in [3.63, 3.8) is 0 Å². The predicted molar refractivity (Wildman–Crippen MR) is 211 cm³/mol. The van der Waals surface area contributed by atoms with Crippen LogP contribution in [0.5, 0.6) is 0 Å². The van der Waals surface area contributed by atoms with Gasteiger partial charge in [0, 0.05) is 50.6 Å². The van der Waals surface area contributed by atoms with Crippen molar-refractivity contribution in [1.29, 1.82) is 5.26 Å². The maximum absolute atomic E-state index is 13.8. The molecule has 0 saturated heterocycles. The minimum Gasteiger partial charge on any atom is -0.479 e. The Morgan fingerprint density at radius 1 is 1.05 bits per heavy atom. The summed E-state index contributed by atoms with van der Waals surface area (Å²) in [6, 6.07) is 12.5. The number of hydrogen-bond donors (Lipinski definition) is 2. The first-order valence-electron chi connectivity index (χ1n) is 19.2. The standard InChI is InChI=1S/C43H47N7O4S/c1-26-31(17-45-50(26)25-42-20-40(2)19-41(3,21-42)23-43(22-40,24-42)54-5)29-12-13-35(48(4)36(29)38(52)53)49-15-14-28-27(16-44)10-11-30(32(28)18-49)37(51)47-39-46-33-8-6-7-9-34(33)55-39/h6-13,17,36H,14-15,18-25H2,1-5H3,(H,52,53)(H,46,47,51). The van der Waals surface area contributed by atoms with E-state index in [0.29, 0.717) is 41.3 Å². The summed E-state index contributed by atoms with van der Waals surface area (Å²) in [5.41, 5.74) is 6.46. The Morgan fingerprint density at radius 2 is 1.82 bits per heavy atom. The number of rotatable bonds is 8. The highest BCUT2D eigenvalue weighted by Gasteiger charge is 2.66. The van der Waals surface area contributed by atoms with Crippen LogP contribution in [-0.2, 0) is 29.0 Å². The summed E-state index contributed by atoms with van der Waals surface area (Å²) in [7, 11) is 3.71. The van der Waals surface area contributed by atoms with Crippen LogP contribution in [0.1, 0.15) is 90.7 Å². The number of likely N-dealkylation sites (N-methyl/N-ethyl adjacent to an activating group) is 1. The van der Waals surface area contributed by atoms with Crippen LogP contribution in [0.2, 0.25) is 0 Å². The number of amides is 1. The molecule has 3 unspecified atom stereocenters. The molecule has 4 bridgehead atoms. The fourth-order valence-corrected chi connectivity index (χ4v) is 13.1. The molecule has 2 aliphatic heterocycles. The van der Waals surface area contributed by atoms with E-state index in [1.165, 1.54) is 17.8 Å². The van der Waals surface area contributed by atoms with Crippen LogP contribution in [0.4, 0.5) is 5.13 Å².